The first kappa shape index (κ1) is 14.1. The summed E-state index contributed by atoms with van der Waals surface area (Å²) in [4.78, 5) is 11.1. The highest BCUT2D eigenvalue weighted by molar-refractivity contribution is 9.10. The molecule has 0 amide bonds. The summed E-state index contributed by atoms with van der Waals surface area (Å²) in [6.07, 6.45) is -3.03. The average Bonchev–Trinajstić information content (AvgIpc) is 2.36. The highest BCUT2D eigenvalue weighted by Crippen LogP contribution is 2.24. The molecule has 0 aliphatic rings. The smallest absolute Gasteiger partial charge is 0.337 e. The Morgan fingerprint density at radius 3 is 2.65 bits per heavy atom. The van der Waals surface area contributed by atoms with Gasteiger partial charge in [0.05, 0.1) is 13.7 Å². The highest BCUT2D eigenvalue weighted by atomic mass is 79.9. The number of esters is 1. The van der Waals surface area contributed by atoms with Crippen LogP contribution >= 0.6 is 15.9 Å². The minimum atomic E-state index is -1.65. The number of hydrogen-bond donors (Lipinski definition) is 3. The molecule has 0 spiro atoms. The van der Waals surface area contributed by atoms with Gasteiger partial charge in [-0.05, 0) is 23.3 Å². The van der Waals surface area contributed by atoms with Crippen LogP contribution in [0.1, 0.15) is 17.2 Å². The van der Waals surface area contributed by atoms with Gasteiger partial charge >= 0.3 is 5.97 Å². The van der Waals surface area contributed by atoms with Crippen LogP contribution < -0.4 is 0 Å². The fourth-order valence-electron chi connectivity index (χ4n) is 1.33. The van der Waals surface area contributed by atoms with Crippen molar-refractivity contribution in [3.63, 3.8) is 0 Å². The summed E-state index contributed by atoms with van der Waals surface area (Å²) in [5, 5.41) is 28.3. The van der Waals surface area contributed by atoms with Crippen LogP contribution in [0.3, 0.4) is 0 Å². The standard InChI is InChI=1S/C11H13BrO5/c1-17-11(16)10(15)9(14)6-2-3-8(12)7(4-6)5-13/h2-4,9-10,13-15H,5H2,1H3. The van der Waals surface area contributed by atoms with Crippen LogP contribution in [0, 0.1) is 0 Å². The third kappa shape index (κ3) is 3.26. The minimum absolute atomic E-state index is 0.213. The molecule has 0 saturated carbocycles. The lowest BCUT2D eigenvalue weighted by Crippen LogP contribution is -2.29. The molecular formula is C11H13BrO5. The van der Waals surface area contributed by atoms with Crippen LogP contribution in [0.5, 0.6) is 0 Å². The molecule has 0 aromatic heterocycles. The van der Waals surface area contributed by atoms with Gasteiger partial charge in [0, 0.05) is 4.47 Å². The maximum atomic E-state index is 11.1. The molecule has 6 heteroatoms. The number of aliphatic hydroxyl groups is 3. The summed E-state index contributed by atoms with van der Waals surface area (Å²) in [5.41, 5.74) is 0.883. The second kappa shape index (κ2) is 6.11. The number of carbonyl (C=O) groups is 1. The predicted octanol–water partition coefficient (Wildman–Crippen LogP) is 0.509. The normalized spacial score (nSPS) is 14.2. The second-order valence-corrected chi connectivity index (χ2v) is 4.28. The van der Waals surface area contributed by atoms with Crippen molar-refractivity contribution >= 4 is 21.9 Å². The van der Waals surface area contributed by atoms with E-state index < -0.39 is 18.2 Å². The van der Waals surface area contributed by atoms with Crippen LogP contribution in [0.15, 0.2) is 22.7 Å². The van der Waals surface area contributed by atoms with Gasteiger partial charge in [-0.1, -0.05) is 22.0 Å². The number of halogens is 1. The summed E-state index contributed by atoms with van der Waals surface area (Å²) < 4.78 is 5.01. The van der Waals surface area contributed by atoms with E-state index in [1.165, 1.54) is 6.07 Å². The number of methoxy groups -OCH3 is 1. The van der Waals surface area contributed by atoms with Crippen molar-refractivity contribution in [1.82, 2.24) is 0 Å². The van der Waals surface area contributed by atoms with E-state index in [-0.39, 0.29) is 6.61 Å². The van der Waals surface area contributed by atoms with Gasteiger partial charge in [-0.25, -0.2) is 4.79 Å². The zero-order chi connectivity index (χ0) is 13.0. The second-order valence-electron chi connectivity index (χ2n) is 3.42. The minimum Gasteiger partial charge on any atom is -0.467 e. The van der Waals surface area contributed by atoms with Crippen LogP contribution in [-0.2, 0) is 16.1 Å². The summed E-state index contributed by atoms with van der Waals surface area (Å²) in [6, 6.07) is 4.66. The van der Waals surface area contributed by atoms with Crippen molar-refractivity contribution in [2.75, 3.05) is 7.11 Å². The molecule has 0 fully saturated rings. The summed E-state index contributed by atoms with van der Waals surface area (Å²) in [7, 11) is 1.12. The Morgan fingerprint density at radius 2 is 2.12 bits per heavy atom. The van der Waals surface area contributed by atoms with Crippen molar-refractivity contribution in [3.8, 4) is 0 Å². The van der Waals surface area contributed by atoms with Crippen LogP contribution in [0.4, 0.5) is 0 Å². The van der Waals surface area contributed by atoms with E-state index in [1.807, 2.05) is 0 Å². The molecule has 0 bridgehead atoms. The van der Waals surface area contributed by atoms with Crippen molar-refractivity contribution in [2.45, 2.75) is 18.8 Å². The number of hydrogen-bond acceptors (Lipinski definition) is 5. The van der Waals surface area contributed by atoms with E-state index in [9.17, 15) is 15.0 Å². The topological polar surface area (TPSA) is 87.0 Å². The van der Waals surface area contributed by atoms with Crippen molar-refractivity contribution in [3.05, 3.63) is 33.8 Å². The fourth-order valence-corrected chi connectivity index (χ4v) is 1.70. The van der Waals surface area contributed by atoms with E-state index in [4.69, 9.17) is 5.11 Å². The van der Waals surface area contributed by atoms with Gasteiger partial charge in [0.25, 0.3) is 0 Å². The largest absolute Gasteiger partial charge is 0.467 e. The van der Waals surface area contributed by atoms with Gasteiger partial charge in [0.2, 0.25) is 0 Å². The summed E-state index contributed by atoms with van der Waals surface area (Å²) in [5.74, 6) is -0.911. The third-order valence-corrected chi connectivity index (χ3v) is 3.10. The fraction of sp³-hybridized carbons (Fsp3) is 0.364. The van der Waals surface area contributed by atoms with Crippen molar-refractivity contribution < 1.29 is 24.9 Å². The number of rotatable bonds is 4. The molecule has 0 radical (unpaired) electrons. The van der Waals surface area contributed by atoms with Crippen molar-refractivity contribution in [1.29, 1.82) is 0 Å². The summed E-state index contributed by atoms with van der Waals surface area (Å²) in [6.45, 7) is -0.213. The van der Waals surface area contributed by atoms with E-state index in [2.05, 4.69) is 20.7 Å². The average molecular weight is 305 g/mol. The Morgan fingerprint density at radius 1 is 1.47 bits per heavy atom. The van der Waals surface area contributed by atoms with E-state index in [0.29, 0.717) is 15.6 Å². The first-order chi connectivity index (χ1) is 8.01. The molecule has 17 heavy (non-hydrogen) atoms. The zero-order valence-electron chi connectivity index (χ0n) is 9.13. The lowest BCUT2D eigenvalue weighted by Gasteiger charge is -2.17. The number of ether oxygens (including phenoxy) is 1. The monoisotopic (exact) mass is 304 g/mol. The molecular weight excluding hydrogens is 292 g/mol. The van der Waals surface area contributed by atoms with Gasteiger partial charge in [-0.3, -0.25) is 0 Å². The van der Waals surface area contributed by atoms with Gasteiger partial charge in [0.15, 0.2) is 6.10 Å². The SMILES string of the molecule is COC(=O)C(O)C(O)c1ccc(Br)c(CO)c1. The third-order valence-electron chi connectivity index (χ3n) is 2.32. The van der Waals surface area contributed by atoms with Gasteiger partial charge in [-0.15, -0.1) is 0 Å². The molecule has 94 valence electrons. The highest BCUT2D eigenvalue weighted by Gasteiger charge is 2.26. The first-order valence-corrected chi connectivity index (χ1v) is 5.63. The lowest BCUT2D eigenvalue weighted by atomic mass is 10.0. The van der Waals surface area contributed by atoms with Crippen LogP contribution in [0.2, 0.25) is 0 Å². The maximum absolute atomic E-state index is 11.1. The lowest BCUT2D eigenvalue weighted by molar-refractivity contribution is -0.156. The van der Waals surface area contributed by atoms with E-state index in [1.54, 1.807) is 12.1 Å². The Hall–Kier alpha value is -0.950. The molecule has 1 rings (SSSR count). The Balaban J connectivity index is 2.96. The Bertz CT molecular complexity index is 407. The molecule has 0 aliphatic heterocycles. The van der Waals surface area contributed by atoms with Crippen molar-refractivity contribution in [2.24, 2.45) is 0 Å². The predicted molar refractivity (Wildman–Crippen MR) is 63.0 cm³/mol. The van der Waals surface area contributed by atoms with Gasteiger partial charge in [-0.2, -0.15) is 0 Å². The quantitative estimate of drug-likeness (QED) is 0.706. The zero-order valence-corrected chi connectivity index (χ0v) is 10.7. The molecule has 2 atom stereocenters. The maximum Gasteiger partial charge on any atom is 0.337 e. The first-order valence-electron chi connectivity index (χ1n) is 4.84. The van der Waals surface area contributed by atoms with Gasteiger partial charge < -0.3 is 20.1 Å². The number of carbonyl (C=O) groups excluding carboxylic acids is 1. The molecule has 1 aromatic carbocycles. The molecule has 2 unspecified atom stereocenters. The molecule has 0 heterocycles. The van der Waals surface area contributed by atoms with Gasteiger partial charge in [0.1, 0.15) is 6.10 Å². The summed E-state index contributed by atoms with van der Waals surface area (Å²) >= 11 is 3.22. The Labute approximate surface area is 107 Å². The molecule has 5 nitrogen and oxygen atoms in total. The van der Waals surface area contributed by atoms with E-state index >= 15 is 0 Å². The molecule has 1 aromatic rings. The Kier molecular flexibility index (Phi) is 5.07. The number of aliphatic hydroxyl groups excluding tert-OH is 3. The molecule has 0 saturated heterocycles. The van der Waals surface area contributed by atoms with Crippen LogP contribution in [-0.4, -0.2) is 34.5 Å². The molecule has 0 aliphatic carbocycles. The number of benzene rings is 1. The molecule has 3 N–H and O–H groups in total. The van der Waals surface area contributed by atoms with E-state index in [0.717, 1.165) is 7.11 Å². The van der Waals surface area contributed by atoms with Crippen LogP contribution in [0.25, 0.3) is 0 Å².